The van der Waals surface area contributed by atoms with Crippen LogP contribution in [0.25, 0.3) is 0 Å². The van der Waals surface area contributed by atoms with Crippen LogP contribution in [0.2, 0.25) is 0 Å². The van der Waals surface area contributed by atoms with Gasteiger partial charge in [0.2, 0.25) is 0 Å². The summed E-state index contributed by atoms with van der Waals surface area (Å²) in [5.74, 6) is 0.455. The predicted molar refractivity (Wildman–Crippen MR) is 34.9 cm³/mol. The number of allylic oxidation sites excluding steroid dienone is 1. The van der Waals surface area contributed by atoms with Gasteiger partial charge in [-0.25, -0.2) is 0 Å². The minimum Gasteiger partial charge on any atom is -0.321 e. The van der Waals surface area contributed by atoms with Crippen LogP contribution in [0.15, 0.2) is 17.0 Å². The molecular weight excluding hydrogens is 119 g/mol. The fraction of sp³-hybridized carbons (Fsp3) is 0.500. The highest BCUT2D eigenvalue weighted by Gasteiger charge is 2.05. The van der Waals surface area contributed by atoms with Crippen LogP contribution in [0, 0.1) is 0 Å². The van der Waals surface area contributed by atoms with Crippen molar-refractivity contribution in [2.24, 2.45) is 4.99 Å². The minimum absolute atomic E-state index is 0.276. The average Bonchev–Trinajstić information content (AvgIpc) is 1.88. The SMILES string of the molecule is CN=C1CCC=C(F)N1. The van der Waals surface area contributed by atoms with Gasteiger partial charge in [-0.05, 0) is 12.5 Å². The topological polar surface area (TPSA) is 24.4 Å². The Hall–Kier alpha value is -0.860. The van der Waals surface area contributed by atoms with E-state index >= 15 is 0 Å². The molecule has 0 saturated carbocycles. The summed E-state index contributed by atoms with van der Waals surface area (Å²) < 4.78 is 12.3. The predicted octanol–water partition coefficient (Wildman–Crippen LogP) is 1.21. The fourth-order valence-electron chi connectivity index (χ4n) is 0.755. The number of rotatable bonds is 0. The number of hydrogen-bond acceptors (Lipinski definition) is 1. The van der Waals surface area contributed by atoms with E-state index in [1.54, 1.807) is 7.05 Å². The molecule has 0 aliphatic carbocycles. The van der Waals surface area contributed by atoms with Crippen molar-refractivity contribution in [3.8, 4) is 0 Å². The average molecular weight is 128 g/mol. The second kappa shape index (κ2) is 2.62. The summed E-state index contributed by atoms with van der Waals surface area (Å²) in [5, 5.41) is 2.51. The molecule has 1 rings (SSSR count). The van der Waals surface area contributed by atoms with E-state index < -0.39 is 0 Å². The first-order valence-electron chi connectivity index (χ1n) is 2.91. The normalized spacial score (nSPS) is 23.3. The second-order valence-electron chi connectivity index (χ2n) is 1.89. The molecular formula is C6H9FN2. The van der Waals surface area contributed by atoms with Gasteiger partial charge in [-0.1, -0.05) is 0 Å². The molecule has 0 amide bonds. The Morgan fingerprint density at radius 2 is 2.56 bits per heavy atom. The Labute approximate surface area is 53.5 Å². The van der Waals surface area contributed by atoms with Gasteiger partial charge in [-0.2, -0.15) is 4.39 Å². The number of halogens is 1. The van der Waals surface area contributed by atoms with Crippen molar-refractivity contribution in [1.82, 2.24) is 5.32 Å². The minimum atomic E-state index is -0.276. The van der Waals surface area contributed by atoms with Crippen molar-refractivity contribution in [2.45, 2.75) is 12.8 Å². The van der Waals surface area contributed by atoms with Gasteiger partial charge >= 0.3 is 0 Å². The van der Waals surface area contributed by atoms with Crippen LogP contribution in [-0.2, 0) is 0 Å². The van der Waals surface area contributed by atoms with Gasteiger partial charge in [0.1, 0.15) is 5.84 Å². The maximum Gasteiger partial charge on any atom is 0.188 e. The number of nitrogens with one attached hydrogen (secondary N) is 1. The van der Waals surface area contributed by atoms with E-state index in [4.69, 9.17) is 0 Å². The van der Waals surface area contributed by atoms with Crippen molar-refractivity contribution in [3.05, 3.63) is 12.0 Å². The molecule has 2 nitrogen and oxygen atoms in total. The van der Waals surface area contributed by atoms with E-state index in [1.165, 1.54) is 6.08 Å². The molecule has 0 fully saturated rings. The summed E-state index contributed by atoms with van der Waals surface area (Å²) in [6.45, 7) is 0. The molecule has 0 aromatic carbocycles. The van der Waals surface area contributed by atoms with E-state index in [2.05, 4.69) is 10.3 Å². The van der Waals surface area contributed by atoms with Gasteiger partial charge in [0.05, 0.1) is 0 Å². The number of hydrogen-bond donors (Lipinski definition) is 1. The van der Waals surface area contributed by atoms with Crippen LogP contribution in [0.5, 0.6) is 0 Å². The zero-order valence-electron chi connectivity index (χ0n) is 5.32. The zero-order valence-corrected chi connectivity index (χ0v) is 5.32. The van der Waals surface area contributed by atoms with E-state index in [9.17, 15) is 4.39 Å². The lowest BCUT2D eigenvalue weighted by Gasteiger charge is -2.10. The molecule has 0 unspecified atom stereocenters. The fourth-order valence-corrected chi connectivity index (χ4v) is 0.755. The van der Waals surface area contributed by atoms with Gasteiger partial charge in [0.15, 0.2) is 5.95 Å². The molecule has 0 spiro atoms. The van der Waals surface area contributed by atoms with Crippen LogP contribution in [0.1, 0.15) is 12.8 Å². The highest BCUT2D eigenvalue weighted by atomic mass is 19.1. The van der Waals surface area contributed by atoms with Crippen LogP contribution >= 0.6 is 0 Å². The van der Waals surface area contributed by atoms with E-state index in [0.29, 0.717) is 0 Å². The molecule has 0 atom stereocenters. The summed E-state index contributed by atoms with van der Waals surface area (Å²) in [6.07, 6.45) is 3.10. The molecule has 0 radical (unpaired) electrons. The number of amidine groups is 1. The van der Waals surface area contributed by atoms with Crippen LogP contribution in [0.4, 0.5) is 4.39 Å². The summed E-state index contributed by atoms with van der Waals surface area (Å²) in [5.41, 5.74) is 0. The maximum atomic E-state index is 12.3. The van der Waals surface area contributed by atoms with Gasteiger partial charge in [0, 0.05) is 13.5 Å². The molecule has 1 N–H and O–H groups in total. The van der Waals surface area contributed by atoms with E-state index in [0.717, 1.165) is 18.7 Å². The van der Waals surface area contributed by atoms with E-state index in [1.807, 2.05) is 0 Å². The van der Waals surface area contributed by atoms with Crippen molar-refractivity contribution in [2.75, 3.05) is 7.05 Å². The Morgan fingerprint density at radius 3 is 3.00 bits per heavy atom. The van der Waals surface area contributed by atoms with Crippen LogP contribution in [-0.4, -0.2) is 12.9 Å². The molecule has 1 aliphatic rings. The Balaban J connectivity index is 2.59. The highest BCUT2D eigenvalue weighted by molar-refractivity contribution is 5.84. The summed E-state index contributed by atoms with van der Waals surface area (Å²) >= 11 is 0. The Kier molecular flexibility index (Phi) is 1.82. The van der Waals surface area contributed by atoms with Crippen molar-refractivity contribution in [1.29, 1.82) is 0 Å². The van der Waals surface area contributed by atoms with Gasteiger partial charge in [-0.15, -0.1) is 0 Å². The summed E-state index contributed by atoms with van der Waals surface area (Å²) in [7, 11) is 1.65. The van der Waals surface area contributed by atoms with Crippen molar-refractivity contribution in [3.63, 3.8) is 0 Å². The quantitative estimate of drug-likeness (QED) is 0.487. The Morgan fingerprint density at radius 1 is 1.78 bits per heavy atom. The van der Waals surface area contributed by atoms with Gasteiger partial charge in [0.25, 0.3) is 0 Å². The maximum absolute atomic E-state index is 12.3. The summed E-state index contributed by atoms with van der Waals surface area (Å²) in [6, 6.07) is 0. The molecule has 0 bridgehead atoms. The molecule has 9 heavy (non-hydrogen) atoms. The van der Waals surface area contributed by atoms with Crippen LogP contribution in [0.3, 0.4) is 0 Å². The van der Waals surface area contributed by atoms with Gasteiger partial charge in [-0.3, -0.25) is 4.99 Å². The lowest BCUT2D eigenvalue weighted by Crippen LogP contribution is -2.23. The first-order chi connectivity index (χ1) is 4.33. The molecule has 1 heterocycles. The Bertz CT molecular complexity index is 160. The first kappa shape index (κ1) is 6.26. The molecule has 0 aromatic rings. The standard InChI is InChI=1S/C6H9FN2/c1-8-6-4-2-3-5(7)9-6/h3H,2,4H2,1H3,(H,8,9). The lowest BCUT2D eigenvalue weighted by molar-refractivity contribution is 0.577. The number of nitrogens with zero attached hydrogens (tertiary/aromatic N) is 1. The highest BCUT2D eigenvalue weighted by Crippen LogP contribution is 2.05. The third-order valence-electron chi connectivity index (χ3n) is 1.24. The molecule has 3 heteroatoms. The van der Waals surface area contributed by atoms with E-state index in [-0.39, 0.29) is 5.95 Å². The largest absolute Gasteiger partial charge is 0.321 e. The summed E-state index contributed by atoms with van der Waals surface area (Å²) in [4.78, 5) is 3.82. The molecule has 1 aliphatic heterocycles. The smallest absolute Gasteiger partial charge is 0.188 e. The van der Waals surface area contributed by atoms with Gasteiger partial charge < -0.3 is 5.32 Å². The first-order valence-corrected chi connectivity index (χ1v) is 2.91. The third kappa shape index (κ3) is 1.52. The van der Waals surface area contributed by atoms with Crippen molar-refractivity contribution >= 4 is 5.84 Å². The lowest BCUT2D eigenvalue weighted by atomic mass is 10.2. The zero-order chi connectivity index (χ0) is 6.69. The third-order valence-corrected chi connectivity index (χ3v) is 1.24. The molecule has 0 aromatic heterocycles. The van der Waals surface area contributed by atoms with Crippen LogP contribution < -0.4 is 5.32 Å². The van der Waals surface area contributed by atoms with Crippen molar-refractivity contribution < 1.29 is 4.39 Å². The number of aliphatic imine (C=N–C) groups is 1. The second-order valence-corrected chi connectivity index (χ2v) is 1.89. The molecule has 50 valence electrons. The molecule has 0 saturated heterocycles. The monoisotopic (exact) mass is 128 g/mol.